The second-order valence-corrected chi connectivity index (χ2v) is 6.88. The van der Waals surface area contributed by atoms with Crippen LogP contribution in [0, 0.1) is 5.92 Å². The third-order valence-electron chi connectivity index (χ3n) is 4.38. The molecule has 2 N–H and O–H groups in total. The van der Waals surface area contributed by atoms with E-state index >= 15 is 0 Å². The maximum atomic E-state index is 6.27. The van der Waals surface area contributed by atoms with Crippen molar-refractivity contribution in [3.63, 3.8) is 0 Å². The molecule has 0 amide bonds. The van der Waals surface area contributed by atoms with Gasteiger partial charge in [0.25, 0.3) is 0 Å². The second-order valence-electron chi connectivity index (χ2n) is 6.03. The van der Waals surface area contributed by atoms with Gasteiger partial charge in [0, 0.05) is 30.2 Å². The van der Waals surface area contributed by atoms with Gasteiger partial charge in [-0.15, -0.1) is 0 Å². The van der Waals surface area contributed by atoms with Crippen molar-refractivity contribution in [3.05, 3.63) is 33.8 Å². The predicted molar refractivity (Wildman–Crippen MR) is 99.6 cm³/mol. The highest BCUT2D eigenvalue weighted by Crippen LogP contribution is 2.26. The number of guanidine groups is 1. The molecule has 2 unspecified atom stereocenters. The van der Waals surface area contributed by atoms with Crippen LogP contribution in [0.3, 0.4) is 0 Å². The Labute approximate surface area is 149 Å². The first kappa shape index (κ1) is 18.4. The standard InChI is InChI=1S/C17H26Cl2N4/c1-4-23-8-7-13(11-23)10-21-17(20-3)22-12(2)15-6-5-14(18)9-16(15)19/h5-6,9,12-13H,4,7-8,10-11H2,1-3H3,(H2,20,21,22). The van der Waals surface area contributed by atoms with Crippen LogP contribution in [-0.2, 0) is 0 Å². The first-order valence-corrected chi connectivity index (χ1v) is 8.93. The van der Waals surface area contributed by atoms with Gasteiger partial charge in [-0.1, -0.05) is 36.2 Å². The summed E-state index contributed by atoms with van der Waals surface area (Å²) in [6.07, 6.45) is 1.25. The Morgan fingerprint density at radius 2 is 2.22 bits per heavy atom. The van der Waals surface area contributed by atoms with Crippen molar-refractivity contribution in [2.75, 3.05) is 33.2 Å². The summed E-state index contributed by atoms with van der Waals surface area (Å²) in [6.45, 7) is 8.72. The molecule has 0 saturated carbocycles. The van der Waals surface area contributed by atoms with Crippen LogP contribution in [0.2, 0.25) is 10.0 Å². The third-order valence-corrected chi connectivity index (χ3v) is 4.94. The number of hydrogen-bond donors (Lipinski definition) is 2. The largest absolute Gasteiger partial charge is 0.356 e. The molecule has 0 bridgehead atoms. The van der Waals surface area contributed by atoms with Gasteiger partial charge in [-0.05, 0) is 50.0 Å². The van der Waals surface area contributed by atoms with Crippen molar-refractivity contribution in [2.24, 2.45) is 10.9 Å². The molecule has 1 aromatic rings. The van der Waals surface area contributed by atoms with E-state index in [1.165, 1.54) is 19.5 Å². The normalized spacial score (nSPS) is 20.6. The van der Waals surface area contributed by atoms with Crippen molar-refractivity contribution in [3.8, 4) is 0 Å². The van der Waals surface area contributed by atoms with Crippen molar-refractivity contribution < 1.29 is 0 Å². The molecule has 4 nitrogen and oxygen atoms in total. The number of nitrogens with zero attached hydrogens (tertiary/aromatic N) is 2. The van der Waals surface area contributed by atoms with Gasteiger partial charge in [-0.25, -0.2) is 0 Å². The topological polar surface area (TPSA) is 39.7 Å². The molecule has 1 fully saturated rings. The lowest BCUT2D eigenvalue weighted by atomic mass is 10.1. The summed E-state index contributed by atoms with van der Waals surface area (Å²) in [4.78, 5) is 6.80. The van der Waals surface area contributed by atoms with Crippen LogP contribution in [0.15, 0.2) is 23.2 Å². The second kappa shape index (κ2) is 8.76. The van der Waals surface area contributed by atoms with Crippen LogP contribution in [0.25, 0.3) is 0 Å². The molecule has 1 aliphatic rings. The molecule has 1 heterocycles. The molecule has 6 heteroatoms. The zero-order valence-corrected chi connectivity index (χ0v) is 15.6. The lowest BCUT2D eigenvalue weighted by molar-refractivity contribution is 0.341. The Balaban J connectivity index is 1.87. The Bertz CT molecular complexity index is 547. The van der Waals surface area contributed by atoms with Gasteiger partial charge in [-0.2, -0.15) is 0 Å². The number of rotatable bonds is 5. The van der Waals surface area contributed by atoms with Crippen molar-refractivity contribution in [1.82, 2.24) is 15.5 Å². The first-order valence-electron chi connectivity index (χ1n) is 8.18. The lowest BCUT2D eigenvalue weighted by Gasteiger charge is -2.21. The summed E-state index contributed by atoms with van der Waals surface area (Å²) in [7, 11) is 1.79. The minimum atomic E-state index is 0.0571. The molecular weight excluding hydrogens is 331 g/mol. The van der Waals surface area contributed by atoms with Crippen molar-refractivity contribution in [2.45, 2.75) is 26.3 Å². The lowest BCUT2D eigenvalue weighted by Crippen LogP contribution is -2.41. The van der Waals surface area contributed by atoms with Crippen LogP contribution in [-0.4, -0.2) is 44.1 Å². The summed E-state index contributed by atoms with van der Waals surface area (Å²) >= 11 is 12.2. The van der Waals surface area contributed by atoms with Crippen LogP contribution in [0.1, 0.15) is 31.9 Å². The number of likely N-dealkylation sites (tertiary alicyclic amines) is 1. The fourth-order valence-electron chi connectivity index (χ4n) is 2.94. The summed E-state index contributed by atoms with van der Waals surface area (Å²) < 4.78 is 0. The Morgan fingerprint density at radius 3 is 2.83 bits per heavy atom. The Hall–Kier alpha value is -0.970. The van der Waals surface area contributed by atoms with E-state index in [0.29, 0.717) is 16.0 Å². The average molecular weight is 357 g/mol. The number of benzene rings is 1. The molecule has 0 spiro atoms. The van der Waals surface area contributed by atoms with E-state index in [1.54, 1.807) is 13.1 Å². The predicted octanol–water partition coefficient (Wildman–Crippen LogP) is 3.56. The van der Waals surface area contributed by atoms with Crippen molar-refractivity contribution in [1.29, 1.82) is 0 Å². The molecule has 2 rings (SSSR count). The minimum Gasteiger partial charge on any atom is -0.356 e. The van der Waals surface area contributed by atoms with Crippen LogP contribution in [0.4, 0.5) is 0 Å². The highest BCUT2D eigenvalue weighted by atomic mass is 35.5. The van der Waals surface area contributed by atoms with E-state index in [1.807, 2.05) is 12.1 Å². The molecule has 0 aliphatic carbocycles. The van der Waals surface area contributed by atoms with Gasteiger partial charge < -0.3 is 15.5 Å². The minimum absolute atomic E-state index is 0.0571. The van der Waals surface area contributed by atoms with Crippen LogP contribution < -0.4 is 10.6 Å². The van der Waals surface area contributed by atoms with Gasteiger partial charge in [-0.3, -0.25) is 4.99 Å². The van der Waals surface area contributed by atoms with E-state index in [2.05, 4.69) is 34.4 Å². The zero-order valence-electron chi connectivity index (χ0n) is 14.1. The molecule has 1 aliphatic heterocycles. The number of hydrogen-bond acceptors (Lipinski definition) is 2. The van der Waals surface area contributed by atoms with Gasteiger partial charge in [0.05, 0.1) is 6.04 Å². The van der Waals surface area contributed by atoms with E-state index in [9.17, 15) is 0 Å². The molecule has 2 atom stereocenters. The fourth-order valence-corrected chi connectivity index (χ4v) is 3.51. The number of nitrogens with one attached hydrogen (secondary N) is 2. The van der Waals surface area contributed by atoms with Gasteiger partial charge in [0.15, 0.2) is 5.96 Å². The molecule has 0 radical (unpaired) electrons. The quantitative estimate of drug-likeness (QED) is 0.625. The summed E-state index contributed by atoms with van der Waals surface area (Å²) in [5.41, 5.74) is 1.01. The first-order chi connectivity index (χ1) is 11.0. The maximum Gasteiger partial charge on any atom is 0.191 e. The molecule has 1 saturated heterocycles. The monoisotopic (exact) mass is 356 g/mol. The number of aliphatic imine (C=N–C) groups is 1. The van der Waals surface area contributed by atoms with E-state index in [4.69, 9.17) is 23.2 Å². The highest BCUT2D eigenvalue weighted by molar-refractivity contribution is 6.35. The van der Waals surface area contributed by atoms with Gasteiger partial charge in [0.1, 0.15) is 0 Å². The summed E-state index contributed by atoms with van der Waals surface area (Å²) in [5, 5.41) is 8.14. The molecular formula is C17H26Cl2N4. The third kappa shape index (κ3) is 5.27. The van der Waals surface area contributed by atoms with E-state index in [0.717, 1.165) is 24.6 Å². The maximum absolute atomic E-state index is 6.27. The van der Waals surface area contributed by atoms with Gasteiger partial charge >= 0.3 is 0 Å². The number of halogens is 2. The SMILES string of the molecule is CCN1CCC(CNC(=NC)NC(C)c2ccc(Cl)cc2Cl)C1. The molecule has 0 aromatic heterocycles. The molecule has 23 heavy (non-hydrogen) atoms. The van der Waals surface area contributed by atoms with Gasteiger partial charge in [0.2, 0.25) is 0 Å². The van der Waals surface area contributed by atoms with Crippen LogP contribution in [0.5, 0.6) is 0 Å². The van der Waals surface area contributed by atoms with E-state index in [-0.39, 0.29) is 6.04 Å². The molecule has 128 valence electrons. The highest BCUT2D eigenvalue weighted by Gasteiger charge is 2.21. The fraction of sp³-hybridized carbons (Fsp3) is 0.588. The smallest absolute Gasteiger partial charge is 0.191 e. The van der Waals surface area contributed by atoms with E-state index < -0.39 is 0 Å². The van der Waals surface area contributed by atoms with Crippen molar-refractivity contribution >= 4 is 29.2 Å². The zero-order chi connectivity index (χ0) is 16.8. The Kier molecular flexibility index (Phi) is 7.00. The average Bonchev–Trinajstić information content (AvgIpc) is 2.99. The Morgan fingerprint density at radius 1 is 1.43 bits per heavy atom. The molecule has 1 aromatic carbocycles. The summed E-state index contributed by atoms with van der Waals surface area (Å²) in [5.74, 6) is 1.49. The summed E-state index contributed by atoms with van der Waals surface area (Å²) in [6, 6.07) is 5.63. The van der Waals surface area contributed by atoms with Crippen LogP contribution >= 0.6 is 23.2 Å².